The van der Waals surface area contributed by atoms with Gasteiger partial charge in [-0.05, 0) is 55.0 Å². The number of nitrogens with one attached hydrogen (secondary N) is 1. The molecule has 23 heavy (non-hydrogen) atoms. The number of benzene rings is 1. The molecule has 4 rings (SSSR count). The number of likely N-dealkylation sites (tertiary alicyclic amines) is 1. The molecule has 2 aromatic rings. The number of nitrogens with zero attached hydrogens (tertiary/aromatic N) is 3. The summed E-state index contributed by atoms with van der Waals surface area (Å²) in [4.78, 5) is 2.66. The molecule has 3 heterocycles. The third-order valence-electron chi connectivity index (χ3n) is 5.37. The van der Waals surface area contributed by atoms with Crippen LogP contribution in [0.2, 0.25) is 0 Å². The van der Waals surface area contributed by atoms with Gasteiger partial charge in [0.05, 0.1) is 6.54 Å². The maximum absolute atomic E-state index is 4.30. The fourth-order valence-electron chi connectivity index (χ4n) is 4.25. The molecule has 2 aliphatic rings. The summed E-state index contributed by atoms with van der Waals surface area (Å²) < 4.78 is 1.99. The van der Waals surface area contributed by atoms with Crippen LogP contribution in [-0.2, 0) is 13.1 Å². The van der Waals surface area contributed by atoms with E-state index in [1.807, 2.05) is 23.1 Å². The van der Waals surface area contributed by atoms with Crippen molar-refractivity contribution in [2.24, 2.45) is 5.41 Å². The number of rotatable bonds is 4. The Balaban J connectivity index is 1.42. The Morgan fingerprint density at radius 2 is 2.04 bits per heavy atom. The molecular formula is C19H26N4. The minimum absolute atomic E-state index is 0.547. The van der Waals surface area contributed by atoms with Crippen LogP contribution in [0.1, 0.15) is 30.4 Å². The normalized spacial score (nSPS) is 25.2. The predicted octanol–water partition coefficient (Wildman–Crippen LogP) is 2.51. The van der Waals surface area contributed by atoms with E-state index >= 15 is 0 Å². The molecule has 1 aromatic heterocycles. The lowest BCUT2D eigenvalue weighted by Crippen LogP contribution is -2.44. The van der Waals surface area contributed by atoms with E-state index < -0.39 is 0 Å². The van der Waals surface area contributed by atoms with E-state index in [-0.39, 0.29) is 0 Å². The average molecular weight is 310 g/mol. The zero-order valence-corrected chi connectivity index (χ0v) is 13.7. The van der Waals surface area contributed by atoms with E-state index in [1.54, 1.807) is 0 Å². The van der Waals surface area contributed by atoms with Crippen molar-refractivity contribution in [3.8, 4) is 0 Å². The third-order valence-corrected chi connectivity index (χ3v) is 5.37. The summed E-state index contributed by atoms with van der Waals surface area (Å²) in [5.41, 5.74) is 3.31. The first-order chi connectivity index (χ1) is 11.3. The molecule has 1 spiro atoms. The van der Waals surface area contributed by atoms with Gasteiger partial charge >= 0.3 is 0 Å². The summed E-state index contributed by atoms with van der Waals surface area (Å²) in [6.45, 7) is 6.84. The van der Waals surface area contributed by atoms with Gasteiger partial charge in [0.15, 0.2) is 0 Å². The average Bonchev–Trinajstić information content (AvgIpc) is 3.20. The van der Waals surface area contributed by atoms with Crippen molar-refractivity contribution in [1.82, 2.24) is 20.0 Å². The van der Waals surface area contributed by atoms with Crippen LogP contribution in [0.4, 0.5) is 0 Å². The Morgan fingerprint density at radius 3 is 2.83 bits per heavy atom. The van der Waals surface area contributed by atoms with Crippen LogP contribution in [0.25, 0.3) is 0 Å². The van der Waals surface area contributed by atoms with Crippen molar-refractivity contribution < 1.29 is 0 Å². The van der Waals surface area contributed by atoms with Gasteiger partial charge in [0, 0.05) is 32.0 Å². The van der Waals surface area contributed by atoms with E-state index in [0.29, 0.717) is 5.41 Å². The number of piperidine rings is 1. The largest absolute Gasteiger partial charge is 0.316 e. The van der Waals surface area contributed by atoms with Crippen molar-refractivity contribution in [2.45, 2.75) is 32.4 Å². The van der Waals surface area contributed by atoms with Gasteiger partial charge in [0.1, 0.15) is 0 Å². The molecule has 4 heteroatoms. The van der Waals surface area contributed by atoms with Crippen LogP contribution in [0.5, 0.6) is 0 Å². The van der Waals surface area contributed by atoms with Gasteiger partial charge in [-0.25, -0.2) is 0 Å². The first kappa shape index (κ1) is 14.9. The summed E-state index contributed by atoms with van der Waals surface area (Å²) in [5.74, 6) is 0. The van der Waals surface area contributed by atoms with Crippen LogP contribution in [0, 0.1) is 5.41 Å². The maximum Gasteiger partial charge on any atom is 0.0659 e. The molecule has 0 aliphatic carbocycles. The summed E-state index contributed by atoms with van der Waals surface area (Å²) in [5, 5.41) is 7.87. The van der Waals surface area contributed by atoms with E-state index in [1.165, 1.54) is 56.6 Å². The van der Waals surface area contributed by atoms with E-state index in [2.05, 4.69) is 39.6 Å². The summed E-state index contributed by atoms with van der Waals surface area (Å²) in [6.07, 6.45) is 7.95. The fraction of sp³-hybridized carbons (Fsp3) is 0.526. The summed E-state index contributed by atoms with van der Waals surface area (Å²) >= 11 is 0. The second kappa shape index (κ2) is 6.46. The lowest BCUT2D eigenvalue weighted by Gasteiger charge is -2.40. The van der Waals surface area contributed by atoms with Gasteiger partial charge in [-0.1, -0.05) is 24.3 Å². The van der Waals surface area contributed by atoms with E-state index in [9.17, 15) is 0 Å². The Bertz CT molecular complexity index is 629. The molecule has 0 saturated carbocycles. The zero-order valence-electron chi connectivity index (χ0n) is 13.7. The van der Waals surface area contributed by atoms with Gasteiger partial charge in [0.25, 0.3) is 0 Å². The minimum Gasteiger partial charge on any atom is -0.316 e. The molecule has 4 nitrogen and oxygen atoms in total. The van der Waals surface area contributed by atoms with Gasteiger partial charge in [0.2, 0.25) is 0 Å². The Hall–Kier alpha value is -1.65. The number of aromatic nitrogens is 2. The van der Waals surface area contributed by atoms with Crippen molar-refractivity contribution in [2.75, 3.05) is 26.2 Å². The zero-order chi connectivity index (χ0) is 15.5. The smallest absolute Gasteiger partial charge is 0.0659 e. The second-order valence-electron chi connectivity index (χ2n) is 7.26. The van der Waals surface area contributed by atoms with Crippen molar-refractivity contribution >= 4 is 0 Å². The molecule has 122 valence electrons. The molecule has 2 aliphatic heterocycles. The van der Waals surface area contributed by atoms with Crippen LogP contribution >= 0.6 is 0 Å². The lowest BCUT2D eigenvalue weighted by molar-refractivity contribution is 0.0978. The fourth-order valence-corrected chi connectivity index (χ4v) is 4.25. The summed E-state index contributed by atoms with van der Waals surface area (Å²) in [6, 6.07) is 11.0. The lowest BCUT2D eigenvalue weighted by atomic mass is 9.79. The van der Waals surface area contributed by atoms with Gasteiger partial charge in [-0.3, -0.25) is 9.58 Å². The van der Waals surface area contributed by atoms with Gasteiger partial charge in [-0.2, -0.15) is 5.10 Å². The minimum atomic E-state index is 0.547. The molecular weight excluding hydrogens is 284 g/mol. The quantitative estimate of drug-likeness (QED) is 0.942. The molecule has 1 aromatic carbocycles. The van der Waals surface area contributed by atoms with Crippen molar-refractivity contribution in [3.63, 3.8) is 0 Å². The highest BCUT2D eigenvalue weighted by Crippen LogP contribution is 2.35. The first-order valence-corrected chi connectivity index (χ1v) is 8.80. The molecule has 0 bridgehead atoms. The summed E-state index contributed by atoms with van der Waals surface area (Å²) in [7, 11) is 0. The van der Waals surface area contributed by atoms with Gasteiger partial charge < -0.3 is 5.32 Å². The molecule has 1 atom stereocenters. The Kier molecular flexibility index (Phi) is 4.19. The molecule has 2 fully saturated rings. The van der Waals surface area contributed by atoms with Crippen molar-refractivity contribution in [1.29, 1.82) is 0 Å². The van der Waals surface area contributed by atoms with Crippen LogP contribution in [-0.4, -0.2) is 40.9 Å². The highest BCUT2D eigenvalue weighted by Gasteiger charge is 2.37. The molecule has 0 amide bonds. The topological polar surface area (TPSA) is 33.1 Å². The standard InChI is InChI=1S/C19H26N4/c1-4-17(12-18(5-1)14-23-11-3-8-21-23)13-22-10-2-6-19(16-22)7-9-20-15-19/h1,3-5,8,11-12,20H,2,6-7,9-10,13-16H2. The second-order valence-corrected chi connectivity index (χ2v) is 7.26. The number of hydrogen-bond acceptors (Lipinski definition) is 3. The van der Waals surface area contributed by atoms with Crippen LogP contribution in [0.3, 0.4) is 0 Å². The Morgan fingerprint density at radius 1 is 1.13 bits per heavy atom. The van der Waals surface area contributed by atoms with Crippen LogP contribution in [0.15, 0.2) is 42.7 Å². The van der Waals surface area contributed by atoms with Crippen LogP contribution < -0.4 is 5.32 Å². The van der Waals surface area contributed by atoms with E-state index in [4.69, 9.17) is 0 Å². The first-order valence-electron chi connectivity index (χ1n) is 8.80. The SMILES string of the molecule is c1cc(CN2CCCC3(CCNC3)C2)cc(Cn2cccn2)c1. The van der Waals surface area contributed by atoms with Crippen molar-refractivity contribution in [3.05, 3.63) is 53.9 Å². The Labute approximate surface area is 138 Å². The molecule has 2 saturated heterocycles. The van der Waals surface area contributed by atoms with Gasteiger partial charge in [-0.15, -0.1) is 0 Å². The monoisotopic (exact) mass is 310 g/mol. The highest BCUT2D eigenvalue weighted by atomic mass is 15.3. The predicted molar refractivity (Wildman–Crippen MR) is 92.2 cm³/mol. The molecule has 0 radical (unpaired) electrons. The molecule has 1 unspecified atom stereocenters. The maximum atomic E-state index is 4.30. The highest BCUT2D eigenvalue weighted by molar-refractivity contribution is 5.23. The number of hydrogen-bond donors (Lipinski definition) is 1. The third kappa shape index (κ3) is 3.48. The van der Waals surface area contributed by atoms with E-state index in [0.717, 1.165) is 13.1 Å². The molecule has 1 N–H and O–H groups in total.